The van der Waals surface area contributed by atoms with Crippen molar-refractivity contribution in [2.24, 2.45) is 0 Å². The molecule has 1 aromatic heterocycles. The maximum atomic E-state index is 13.4. The molecular formula is C29H30FN3O5. The molecule has 0 saturated carbocycles. The van der Waals surface area contributed by atoms with Gasteiger partial charge in [0.2, 0.25) is 5.95 Å². The number of piperidine rings is 1. The Balaban J connectivity index is 0.00000107. The number of para-hydroxylation sites is 1. The van der Waals surface area contributed by atoms with Gasteiger partial charge in [0.1, 0.15) is 11.4 Å². The first-order chi connectivity index (χ1) is 18.4. The van der Waals surface area contributed by atoms with Crippen molar-refractivity contribution in [3.63, 3.8) is 0 Å². The van der Waals surface area contributed by atoms with Crippen LogP contribution in [0.2, 0.25) is 0 Å². The van der Waals surface area contributed by atoms with Gasteiger partial charge in [-0.1, -0.05) is 18.2 Å². The van der Waals surface area contributed by atoms with Gasteiger partial charge in [0.05, 0.1) is 13.2 Å². The van der Waals surface area contributed by atoms with E-state index in [1.54, 1.807) is 17.2 Å². The number of carbonyl (C=O) groups is 1. The topological polar surface area (TPSA) is 89.0 Å². The van der Waals surface area contributed by atoms with Crippen LogP contribution in [0.3, 0.4) is 0 Å². The molecule has 9 heteroatoms. The lowest BCUT2D eigenvalue weighted by Gasteiger charge is -2.37. The van der Waals surface area contributed by atoms with Gasteiger partial charge >= 0.3 is 12.2 Å². The summed E-state index contributed by atoms with van der Waals surface area (Å²) >= 11 is 0. The first-order valence-corrected chi connectivity index (χ1v) is 12.5. The highest BCUT2D eigenvalue weighted by molar-refractivity contribution is 5.90. The number of rotatable bonds is 6. The molecule has 2 aromatic carbocycles. The number of likely N-dealkylation sites (tertiary alicyclic amines) is 1. The highest BCUT2D eigenvalue weighted by atomic mass is 19.1. The quantitative estimate of drug-likeness (QED) is 0.423. The van der Waals surface area contributed by atoms with Crippen LogP contribution in [-0.2, 0) is 20.9 Å². The Kier molecular flexibility index (Phi) is 8.51. The average molecular weight is 520 g/mol. The van der Waals surface area contributed by atoms with Gasteiger partial charge in [-0.25, -0.2) is 9.78 Å². The van der Waals surface area contributed by atoms with E-state index in [1.165, 1.54) is 6.07 Å². The van der Waals surface area contributed by atoms with E-state index in [4.69, 9.17) is 19.1 Å². The largest absolute Gasteiger partial charge is 0.494 e. The van der Waals surface area contributed by atoms with Crippen molar-refractivity contribution >= 4 is 17.9 Å². The normalized spacial score (nSPS) is 16.4. The predicted octanol–water partition coefficient (Wildman–Crippen LogP) is 5.00. The van der Waals surface area contributed by atoms with Gasteiger partial charge in [0.25, 0.3) is 0 Å². The fourth-order valence-electron chi connectivity index (χ4n) is 5.03. The summed E-state index contributed by atoms with van der Waals surface area (Å²) in [5, 5.41) is 0. The molecule has 3 heterocycles. The van der Waals surface area contributed by atoms with Crippen molar-refractivity contribution in [1.29, 1.82) is 0 Å². The lowest BCUT2D eigenvalue weighted by Crippen LogP contribution is -2.46. The minimum atomic E-state index is -0.491. The number of benzene rings is 2. The molecule has 1 amide bonds. The van der Waals surface area contributed by atoms with Crippen molar-refractivity contribution in [1.82, 2.24) is 9.88 Å². The van der Waals surface area contributed by atoms with E-state index in [-0.39, 0.29) is 12.2 Å². The summed E-state index contributed by atoms with van der Waals surface area (Å²) in [7, 11) is 0. The van der Waals surface area contributed by atoms with Crippen LogP contribution in [0.1, 0.15) is 30.9 Å². The summed E-state index contributed by atoms with van der Waals surface area (Å²) in [5.74, 6) is 0.368. The number of hydrogen-bond acceptors (Lipinski definition) is 7. The predicted molar refractivity (Wildman–Crippen MR) is 138 cm³/mol. The first kappa shape index (κ1) is 27.0. The van der Waals surface area contributed by atoms with Gasteiger partial charge in [0, 0.05) is 49.9 Å². The van der Waals surface area contributed by atoms with Crippen LogP contribution in [0.25, 0.3) is 11.1 Å². The van der Waals surface area contributed by atoms with Gasteiger partial charge < -0.3 is 9.47 Å². The van der Waals surface area contributed by atoms with Crippen molar-refractivity contribution in [3.8, 4) is 16.9 Å². The third kappa shape index (κ3) is 6.07. The standard InChI is InChI=1S/C28H30FN3O3.CO2/c1-3-34-25-16-22(24(15-20(25)2)21-9-10-26(29)30-17-21)18-31-13-11-28(12-14-31)19-32(27(33)35-28)23-7-5-4-6-8-23;2-1-3/h4-10,15-17H,3,11-14,18-19H2,1-2H3;. The molecule has 0 N–H and O–H groups in total. The number of aryl methyl sites for hydroxylation is 1. The number of amides is 1. The molecule has 8 nitrogen and oxygen atoms in total. The van der Waals surface area contributed by atoms with E-state index >= 15 is 0 Å². The van der Waals surface area contributed by atoms with E-state index in [9.17, 15) is 9.18 Å². The first-order valence-electron chi connectivity index (χ1n) is 12.5. The molecule has 5 rings (SSSR count). The van der Waals surface area contributed by atoms with Crippen LogP contribution < -0.4 is 9.64 Å². The Bertz CT molecular complexity index is 1290. The third-order valence-corrected chi connectivity index (χ3v) is 6.94. The summed E-state index contributed by atoms with van der Waals surface area (Å²) < 4.78 is 25.2. The fourth-order valence-corrected chi connectivity index (χ4v) is 5.03. The Hall–Kier alpha value is -4.07. The lowest BCUT2D eigenvalue weighted by atomic mass is 9.90. The van der Waals surface area contributed by atoms with E-state index in [0.717, 1.165) is 66.2 Å². The molecule has 1 spiro atoms. The van der Waals surface area contributed by atoms with Gasteiger partial charge in [-0.2, -0.15) is 14.0 Å². The minimum absolute atomic E-state index is 0.250. The van der Waals surface area contributed by atoms with Gasteiger partial charge in [-0.3, -0.25) is 9.80 Å². The van der Waals surface area contributed by atoms with Crippen LogP contribution in [-0.4, -0.2) is 54.0 Å². The molecule has 0 atom stereocenters. The molecule has 0 unspecified atom stereocenters. The second kappa shape index (κ2) is 12.0. The summed E-state index contributed by atoms with van der Waals surface area (Å²) in [4.78, 5) is 36.8. The summed E-state index contributed by atoms with van der Waals surface area (Å²) in [6.07, 6.45) is 3.12. The summed E-state index contributed by atoms with van der Waals surface area (Å²) in [6.45, 7) is 7.51. The van der Waals surface area contributed by atoms with Crippen molar-refractivity contribution < 1.29 is 28.2 Å². The number of ether oxygens (including phenoxy) is 2. The maximum absolute atomic E-state index is 13.4. The van der Waals surface area contributed by atoms with Crippen LogP contribution in [0, 0.1) is 12.9 Å². The van der Waals surface area contributed by atoms with Gasteiger partial charge in [-0.15, -0.1) is 0 Å². The Morgan fingerprint density at radius 2 is 1.82 bits per heavy atom. The molecule has 0 bridgehead atoms. The summed E-state index contributed by atoms with van der Waals surface area (Å²) in [5.41, 5.74) is 4.48. The highest BCUT2D eigenvalue weighted by Crippen LogP contribution is 2.37. The van der Waals surface area contributed by atoms with Crippen LogP contribution in [0.5, 0.6) is 5.75 Å². The van der Waals surface area contributed by atoms with Crippen LogP contribution >= 0.6 is 0 Å². The lowest BCUT2D eigenvalue weighted by molar-refractivity contribution is -0.191. The molecule has 2 saturated heterocycles. The Morgan fingerprint density at radius 1 is 1.11 bits per heavy atom. The zero-order valence-electron chi connectivity index (χ0n) is 21.5. The van der Waals surface area contributed by atoms with E-state index in [0.29, 0.717) is 13.2 Å². The number of pyridine rings is 1. The second-order valence-electron chi connectivity index (χ2n) is 9.41. The molecule has 198 valence electrons. The third-order valence-electron chi connectivity index (χ3n) is 6.94. The molecule has 0 radical (unpaired) electrons. The van der Waals surface area contributed by atoms with Crippen molar-refractivity contribution in [2.45, 2.75) is 38.8 Å². The summed E-state index contributed by atoms with van der Waals surface area (Å²) in [6, 6.07) is 17.0. The maximum Gasteiger partial charge on any atom is 0.415 e. The van der Waals surface area contributed by atoms with Crippen molar-refractivity contribution in [2.75, 3.05) is 31.1 Å². The molecule has 3 aromatic rings. The molecule has 38 heavy (non-hydrogen) atoms. The molecule has 2 aliphatic rings. The number of hydrogen-bond donors (Lipinski definition) is 0. The van der Waals surface area contributed by atoms with Crippen molar-refractivity contribution in [3.05, 3.63) is 77.9 Å². The molecule has 2 fully saturated rings. The van der Waals surface area contributed by atoms with Gasteiger partial charge in [0.15, 0.2) is 0 Å². The SMILES string of the molecule is CCOc1cc(CN2CCC3(CC2)CN(c2ccccc2)C(=O)O3)c(-c2ccc(F)nc2)cc1C.O=C=O. The smallest absolute Gasteiger partial charge is 0.415 e. The Morgan fingerprint density at radius 3 is 2.45 bits per heavy atom. The highest BCUT2D eigenvalue weighted by Gasteiger charge is 2.47. The zero-order chi connectivity index (χ0) is 27.1. The fraction of sp³-hybridized carbons (Fsp3) is 0.345. The van der Waals surface area contributed by atoms with Crippen LogP contribution in [0.15, 0.2) is 60.8 Å². The minimum Gasteiger partial charge on any atom is -0.494 e. The van der Waals surface area contributed by atoms with Crippen LogP contribution in [0.4, 0.5) is 14.9 Å². The van der Waals surface area contributed by atoms with E-state index in [1.807, 2.05) is 44.2 Å². The zero-order valence-corrected chi connectivity index (χ0v) is 21.5. The number of carbonyl (C=O) groups excluding carboxylic acids is 3. The van der Waals surface area contributed by atoms with E-state index in [2.05, 4.69) is 22.0 Å². The van der Waals surface area contributed by atoms with E-state index < -0.39 is 11.5 Å². The number of aromatic nitrogens is 1. The molecule has 0 aliphatic carbocycles. The van der Waals surface area contributed by atoms with Gasteiger partial charge in [-0.05, 0) is 66.9 Å². The second-order valence-corrected chi connectivity index (χ2v) is 9.41. The number of anilines is 1. The monoisotopic (exact) mass is 519 g/mol. The Labute approximate surface area is 221 Å². The average Bonchev–Trinajstić information content (AvgIpc) is 3.24. The molecule has 2 aliphatic heterocycles. The number of nitrogens with zero attached hydrogens (tertiary/aromatic N) is 3. The number of halogens is 1. The molecular weight excluding hydrogens is 489 g/mol.